The van der Waals surface area contributed by atoms with E-state index in [1.165, 1.54) is 16.9 Å². The van der Waals surface area contributed by atoms with Gasteiger partial charge in [0.1, 0.15) is 27.2 Å². The van der Waals surface area contributed by atoms with Crippen molar-refractivity contribution in [2.45, 2.75) is 70.0 Å². The van der Waals surface area contributed by atoms with Gasteiger partial charge in [-0.05, 0) is 62.6 Å². The second-order valence-corrected chi connectivity index (χ2v) is 12.3. The Morgan fingerprint density at radius 2 is 1.69 bits per heavy atom. The quantitative estimate of drug-likeness (QED) is 0.415. The lowest BCUT2D eigenvalue weighted by molar-refractivity contribution is -0.283. The third kappa shape index (κ3) is 7.31. The molecule has 0 bridgehead atoms. The number of nitrogens with one attached hydrogen (secondary N) is 1. The lowest BCUT2D eigenvalue weighted by atomic mass is 9.89. The van der Waals surface area contributed by atoms with Crippen LogP contribution in [0.3, 0.4) is 0 Å². The first kappa shape index (κ1) is 30.9. The van der Waals surface area contributed by atoms with Crippen LogP contribution in [0.4, 0.5) is 30.7 Å². The second kappa shape index (κ2) is 11.5. The number of amides is 1. The monoisotopic (exact) mass is 585 g/mol. The van der Waals surface area contributed by atoms with E-state index in [2.05, 4.69) is 10.3 Å². The van der Waals surface area contributed by atoms with Crippen LogP contribution in [0.15, 0.2) is 18.2 Å². The van der Waals surface area contributed by atoms with Gasteiger partial charge in [-0.15, -0.1) is 0 Å². The first-order valence-electron chi connectivity index (χ1n) is 12.4. The van der Waals surface area contributed by atoms with Crippen molar-refractivity contribution in [3.05, 3.63) is 46.8 Å². The minimum Gasteiger partial charge on any atom is -0.350 e. The molecular formula is C25H30F7N3O3S. The summed E-state index contributed by atoms with van der Waals surface area (Å²) in [6, 6.07) is 2.90. The van der Waals surface area contributed by atoms with Crippen LogP contribution in [0.1, 0.15) is 60.2 Å². The van der Waals surface area contributed by atoms with Gasteiger partial charge < -0.3 is 9.88 Å². The molecule has 0 aliphatic heterocycles. The number of nitrogens with zero attached hydrogens (tertiary/aromatic N) is 2. The van der Waals surface area contributed by atoms with Crippen LogP contribution in [-0.4, -0.2) is 54.3 Å². The van der Waals surface area contributed by atoms with E-state index >= 15 is 0 Å². The Balaban J connectivity index is 1.77. The van der Waals surface area contributed by atoms with Gasteiger partial charge in [0.15, 0.2) is 5.92 Å². The van der Waals surface area contributed by atoms with Crippen molar-refractivity contribution in [1.82, 2.24) is 14.9 Å². The third-order valence-corrected chi connectivity index (χ3v) is 8.85. The normalized spacial score (nSPS) is 18.9. The molecule has 1 aliphatic rings. The van der Waals surface area contributed by atoms with Gasteiger partial charge in [-0.3, -0.25) is 4.79 Å². The van der Waals surface area contributed by atoms with E-state index in [0.29, 0.717) is 50.2 Å². The van der Waals surface area contributed by atoms with E-state index in [0.717, 1.165) is 12.1 Å². The highest BCUT2D eigenvalue weighted by atomic mass is 32.2. The standard InChI is InChI=1S/C25H30F7N3O3S/c1-4-21-34-22(23(36)33-13-15-5-9-18(10-6-15)39(3,37)38)14(2)35(21)17-8-7-16(19(26)12-17)11-20(24(27,28)29)25(30,31)32/h7-8,12,15,18,20H,4-6,9-11,13H2,1-3H3,(H,33,36). The molecule has 3 rings (SSSR count). The zero-order valence-electron chi connectivity index (χ0n) is 21.6. The number of benzene rings is 1. The molecule has 1 amide bonds. The number of imidazole rings is 1. The van der Waals surface area contributed by atoms with Gasteiger partial charge in [-0.1, -0.05) is 13.0 Å². The number of alkyl halides is 6. The first-order chi connectivity index (χ1) is 17.9. The van der Waals surface area contributed by atoms with Crippen LogP contribution >= 0.6 is 0 Å². The summed E-state index contributed by atoms with van der Waals surface area (Å²) in [5.74, 6) is -5.00. The van der Waals surface area contributed by atoms with Crippen molar-refractivity contribution >= 4 is 15.7 Å². The minimum absolute atomic E-state index is 0.0513. The number of hydrogen-bond donors (Lipinski definition) is 1. The highest BCUT2D eigenvalue weighted by molar-refractivity contribution is 7.91. The number of aromatic nitrogens is 2. The fourth-order valence-corrected chi connectivity index (χ4v) is 6.05. The maximum absolute atomic E-state index is 14.7. The fraction of sp³-hybridized carbons (Fsp3) is 0.600. The summed E-state index contributed by atoms with van der Waals surface area (Å²) in [6.45, 7) is 3.59. The van der Waals surface area contributed by atoms with Gasteiger partial charge in [-0.2, -0.15) is 26.3 Å². The van der Waals surface area contributed by atoms with Crippen LogP contribution in [0.5, 0.6) is 0 Å². The summed E-state index contributed by atoms with van der Waals surface area (Å²) in [7, 11) is -3.11. The van der Waals surface area contributed by atoms with Crippen molar-refractivity contribution < 1.29 is 43.9 Å². The molecular weight excluding hydrogens is 555 g/mol. The molecule has 0 spiro atoms. The lowest BCUT2D eigenvalue weighted by Gasteiger charge is -2.27. The topological polar surface area (TPSA) is 81.1 Å². The van der Waals surface area contributed by atoms with E-state index in [1.54, 1.807) is 13.8 Å². The molecule has 1 saturated carbocycles. The van der Waals surface area contributed by atoms with Gasteiger partial charge in [0, 0.05) is 24.9 Å². The molecule has 0 radical (unpaired) electrons. The molecule has 39 heavy (non-hydrogen) atoms. The molecule has 1 heterocycles. The van der Waals surface area contributed by atoms with Crippen LogP contribution in [0.2, 0.25) is 0 Å². The molecule has 1 N–H and O–H groups in total. The smallest absolute Gasteiger partial charge is 0.350 e. The van der Waals surface area contributed by atoms with Crippen molar-refractivity contribution in [2.75, 3.05) is 12.8 Å². The van der Waals surface area contributed by atoms with Crippen LogP contribution in [-0.2, 0) is 22.7 Å². The number of halogens is 7. The van der Waals surface area contributed by atoms with E-state index in [9.17, 15) is 43.9 Å². The largest absolute Gasteiger partial charge is 0.400 e. The maximum atomic E-state index is 14.7. The van der Waals surface area contributed by atoms with Crippen molar-refractivity contribution in [1.29, 1.82) is 0 Å². The molecule has 6 nitrogen and oxygen atoms in total. The summed E-state index contributed by atoms with van der Waals surface area (Å²) >= 11 is 0. The molecule has 0 atom stereocenters. The number of rotatable bonds is 8. The minimum atomic E-state index is -5.59. The van der Waals surface area contributed by atoms with E-state index in [1.807, 2.05) is 0 Å². The molecule has 1 aromatic carbocycles. The Morgan fingerprint density at radius 3 is 2.18 bits per heavy atom. The van der Waals surface area contributed by atoms with Crippen LogP contribution in [0, 0.1) is 24.6 Å². The molecule has 2 aromatic rings. The summed E-state index contributed by atoms with van der Waals surface area (Å²) in [4.78, 5) is 17.2. The fourth-order valence-electron chi connectivity index (χ4n) is 4.92. The van der Waals surface area contributed by atoms with Gasteiger partial charge in [0.2, 0.25) is 0 Å². The molecule has 14 heteroatoms. The van der Waals surface area contributed by atoms with E-state index < -0.39 is 51.8 Å². The summed E-state index contributed by atoms with van der Waals surface area (Å²) in [5, 5.41) is 2.42. The summed E-state index contributed by atoms with van der Waals surface area (Å²) < 4.78 is 117. The Hall–Kier alpha value is -2.64. The van der Waals surface area contributed by atoms with Gasteiger partial charge in [0.05, 0.1) is 10.9 Å². The number of sulfone groups is 1. The summed E-state index contributed by atoms with van der Waals surface area (Å²) in [5.41, 5.74) is -0.263. The SMILES string of the molecule is CCc1nc(C(=O)NCC2CCC(S(C)(=O)=O)CC2)c(C)n1-c1ccc(CC(C(F)(F)F)C(F)(F)F)c(F)c1. The number of aryl methyl sites for hydroxylation is 1. The Bertz CT molecular complexity index is 1280. The Labute approximate surface area is 221 Å². The van der Waals surface area contributed by atoms with Gasteiger partial charge >= 0.3 is 12.4 Å². The van der Waals surface area contributed by atoms with Crippen LogP contribution < -0.4 is 5.32 Å². The molecule has 1 fully saturated rings. The van der Waals surface area contributed by atoms with E-state index in [4.69, 9.17) is 0 Å². The average Bonchev–Trinajstić information content (AvgIpc) is 3.16. The Morgan fingerprint density at radius 1 is 1.10 bits per heavy atom. The van der Waals surface area contributed by atoms with E-state index in [-0.39, 0.29) is 22.5 Å². The molecule has 0 unspecified atom stereocenters. The maximum Gasteiger partial charge on any atom is 0.400 e. The zero-order chi connectivity index (χ0) is 29.3. The van der Waals surface area contributed by atoms with Crippen LogP contribution in [0.25, 0.3) is 5.69 Å². The van der Waals surface area contributed by atoms with Gasteiger partial charge in [-0.25, -0.2) is 17.8 Å². The predicted molar refractivity (Wildman–Crippen MR) is 130 cm³/mol. The molecule has 0 saturated heterocycles. The highest BCUT2D eigenvalue weighted by Crippen LogP contribution is 2.41. The number of hydrogen-bond acceptors (Lipinski definition) is 4. The first-order valence-corrected chi connectivity index (χ1v) is 14.4. The number of carbonyl (C=O) groups is 1. The predicted octanol–water partition coefficient (Wildman–Crippen LogP) is 5.50. The second-order valence-electron chi connectivity index (χ2n) is 9.95. The zero-order valence-corrected chi connectivity index (χ0v) is 22.4. The third-order valence-electron chi connectivity index (χ3n) is 7.17. The lowest BCUT2D eigenvalue weighted by Crippen LogP contribution is -2.38. The van der Waals surface area contributed by atoms with Gasteiger partial charge in [0.25, 0.3) is 5.91 Å². The Kier molecular flexibility index (Phi) is 9.08. The average molecular weight is 586 g/mol. The highest BCUT2D eigenvalue weighted by Gasteiger charge is 2.56. The van der Waals surface area contributed by atoms with Crippen molar-refractivity contribution in [2.24, 2.45) is 11.8 Å². The molecule has 1 aromatic heterocycles. The van der Waals surface area contributed by atoms with Crippen molar-refractivity contribution in [3.8, 4) is 5.69 Å². The van der Waals surface area contributed by atoms with Crippen molar-refractivity contribution in [3.63, 3.8) is 0 Å². The molecule has 218 valence electrons. The molecule has 1 aliphatic carbocycles. The number of carbonyl (C=O) groups excluding carboxylic acids is 1. The summed E-state index contributed by atoms with van der Waals surface area (Å²) in [6.07, 6.45) is -8.95.